The quantitative estimate of drug-likeness (QED) is 0.803. The topological polar surface area (TPSA) is 24.9 Å². The van der Waals surface area contributed by atoms with Gasteiger partial charge in [0.05, 0.1) is 5.69 Å². The number of rotatable bonds is 5. The van der Waals surface area contributed by atoms with Gasteiger partial charge in [-0.2, -0.15) is 11.8 Å². The van der Waals surface area contributed by atoms with Gasteiger partial charge in [0.1, 0.15) is 0 Å². The van der Waals surface area contributed by atoms with E-state index in [4.69, 9.17) is 0 Å². The normalized spacial score (nSPS) is 15.7. The smallest absolute Gasteiger partial charge is 0.187 e. The molecule has 0 spiro atoms. The predicted octanol–water partition coefficient (Wildman–Crippen LogP) is 5.37. The third-order valence-electron chi connectivity index (χ3n) is 3.62. The first-order valence-corrected chi connectivity index (χ1v) is 9.12. The van der Waals surface area contributed by atoms with Crippen molar-refractivity contribution in [1.29, 1.82) is 0 Å². The van der Waals surface area contributed by atoms with Crippen molar-refractivity contribution in [3.63, 3.8) is 0 Å². The minimum atomic E-state index is 0.866. The number of hydrogen-bond donors (Lipinski definition) is 1. The van der Waals surface area contributed by atoms with E-state index in [9.17, 15) is 0 Å². The van der Waals surface area contributed by atoms with Crippen molar-refractivity contribution in [2.75, 3.05) is 5.32 Å². The second-order valence-electron chi connectivity index (χ2n) is 5.35. The Balaban J connectivity index is 1.54. The maximum absolute atomic E-state index is 4.68. The molecule has 1 aromatic heterocycles. The zero-order chi connectivity index (χ0) is 13.8. The molecule has 2 nitrogen and oxygen atoms in total. The maximum atomic E-state index is 4.68. The lowest BCUT2D eigenvalue weighted by molar-refractivity contribution is 0.886. The highest BCUT2D eigenvalue weighted by molar-refractivity contribution is 7.99. The van der Waals surface area contributed by atoms with Gasteiger partial charge in [-0.3, -0.25) is 0 Å². The third kappa shape index (κ3) is 3.76. The summed E-state index contributed by atoms with van der Waals surface area (Å²) in [5.74, 6) is 1.05. The minimum Gasteiger partial charge on any atom is -0.332 e. The fourth-order valence-electron chi connectivity index (χ4n) is 2.45. The molecule has 1 saturated carbocycles. The molecule has 1 aromatic carbocycles. The van der Waals surface area contributed by atoms with Crippen LogP contribution in [0.2, 0.25) is 0 Å². The summed E-state index contributed by atoms with van der Waals surface area (Å²) in [6.45, 7) is 2.10. The Bertz CT molecular complexity index is 542. The summed E-state index contributed by atoms with van der Waals surface area (Å²) in [5, 5.41) is 7.42. The molecular formula is C16H20N2S2. The van der Waals surface area contributed by atoms with Crippen molar-refractivity contribution in [3.8, 4) is 0 Å². The van der Waals surface area contributed by atoms with Crippen LogP contribution in [0.1, 0.15) is 36.9 Å². The van der Waals surface area contributed by atoms with Crippen LogP contribution < -0.4 is 5.32 Å². The Morgan fingerprint density at radius 2 is 2.00 bits per heavy atom. The van der Waals surface area contributed by atoms with Gasteiger partial charge in [0.2, 0.25) is 0 Å². The van der Waals surface area contributed by atoms with Gasteiger partial charge >= 0.3 is 0 Å². The lowest BCUT2D eigenvalue weighted by Crippen LogP contribution is -1.95. The third-order valence-corrected chi connectivity index (χ3v) is 5.84. The minimum absolute atomic E-state index is 0.866. The SMILES string of the molecule is Cc1ccc(Nc2nc(CSC3CCCC3)cs2)cc1. The molecule has 106 valence electrons. The van der Waals surface area contributed by atoms with Crippen molar-refractivity contribution in [2.45, 2.75) is 43.6 Å². The summed E-state index contributed by atoms with van der Waals surface area (Å²) in [6.07, 6.45) is 5.61. The highest BCUT2D eigenvalue weighted by Gasteiger charge is 2.15. The number of aryl methyl sites for hydroxylation is 1. The first-order valence-electron chi connectivity index (χ1n) is 7.19. The van der Waals surface area contributed by atoms with E-state index in [0.29, 0.717) is 0 Å². The number of benzene rings is 1. The molecule has 0 radical (unpaired) electrons. The number of anilines is 2. The first-order chi connectivity index (χ1) is 9.79. The highest BCUT2D eigenvalue weighted by atomic mass is 32.2. The van der Waals surface area contributed by atoms with Crippen molar-refractivity contribution < 1.29 is 0 Å². The van der Waals surface area contributed by atoms with Crippen LogP contribution in [0.5, 0.6) is 0 Å². The first kappa shape index (κ1) is 14.0. The van der Waals surface area contributed by atoms with Crippen LogP contribution in [0.4, 0.5) is 10.8 Å². The molecule has 0 amide bonds. The summed E-state index contributed by atoms with van der Waals surface area (Å²) < 4.78 is 0. The fraction of sp³-hybridized carbons (Fsp3) is 0.438. The van der Waals surface area contributed by atoms with E-state index < -0.39 is 0 Å². The number of nitrogens with one attached hydrogen (secondary N) is 1. The molecule has 1 N–H and O–H groups in total. The highest BCUT2D eigenvalue weighted by Crippen LogP contribution is 2.32. The van der Waals surface area contributed by atoms with Gasteiger partial charge in [0.25, 0.3) is 0 Å². The average Bonchev–Trinajstić information content (AvgIpc) is 3.10. The Labute approximate surface area is 129 Å². The van der Waals surface area contributed by atoms with E-state index in [-0.39, 0.29) is 0 Å². The number of hydrogen-bond acceptors (Lipinski definition) is 4. The number of nitrogens with zero attached hydrogens (tertiary/aromatic N) is 1. The number of aromatic nitrogens is 1. The largest absolute Gasteiger partial charge is 0.332 e. The zero-order valence-corrected chi connectivity index (χ0v) is 13.4. The second kappa shape index (κ2) is 6.64. The molecule has 1 heterocycles. The van der Waals surface area contributed by atoms with Gasteiger partial charge in [-0.1, -0.05) is 30.5 Å². The molecule has 4 heteroatoms. The molecule has 20 heavy (non-hydrogen) atoms. The van der Waals surface area contributed by atoms with Crippen molar-refractivity contribution in [3.05, 3.63) is 40.9 Å². The van der Waals surface area contributed by atoms with Crippen LogP contribution >= 0.6 is 23.1 Å². The zero-order valence-electron chi connectivity index (χ0n) is 11.8. The summed E-state index contributed by atoms with van der Waals surface area (Å²) in [7, 11) is 0. The molecule has 0 saturated heterocycles. The standard InChI is InChI=1S/C16H20N2S2/c1-12-6-8-13(9-7-12)17-16-18-14(11-20-16)10-19-15-4-2-3-5-15/h6-9,11,15H,2-5,10H2,1H3,(H,17,18). The van der Waals surface area contributed by atoms with Gasteiger partial charge in [0, 0.05) is 22.1 Å². The Kier molecular flexibility index (Phi) is 4.63. The molecule has 0 bridgehead atoms. The van der Waals surface area contributed by atoms with Gasteiger partial charge in [-0.05, 0) is 31.9 Å². The number of thioether (sulfide) groups is 1. The monoisotopic (exact) mass is 304 g/mol. The van der Waals surface area contributed by atoms with E-state index in [1.54, 1.807) is 11.3 Å². The summed E-state index contributed by atoms with van der Waals surface area (Å²) in [6, 6.07) is 8.44. The van der Waals surface area contributed by atoms with Gasteiger partial charge in [-0.15, -0.1) is 11.3 Å². The lowest BCUT2D eigenvalue weighted by Gasteiger charge is -2.06. The molecule has 1 aliphatic rings. The second-order valence-corrected chi connectivity index (χ2v) is 7.50. The van der Waals surface area contributed by atoms with Crippen LogP contribution in [0.25, 0.3) is 0 Å². The van der Waals surface area contributed by atoms with Crippen molar-refractivity contribution in [1.82, 2.24) is 4.98 Å². The molecular weight excluding hydrogens is 284 g/mol. The molecule has 2 aromatic rings. The fourth-order valence-corrected chi connectivity index (χ4v) is 4.51. The van der Waals surface area contributed by atoms with Crippen molar-refractivity contribution in [2.24, 2.45) is 0 Å². The van der Waals surface area contributed by atoms with E-state index >= 15 is 0 Å². The average molecular weight is 304 g/mol. The Morgan fingerprint density at radius 3 is 2.75 bits per heavy atom. The number of thiazole rings is 1. The van der Waals surface area contributed by atoms with E-state index in [0.717, 1.165) is 21.8 Å². The summed E-state index contributed by atoms with van der Waals surface area (Å²) in [5.41, 5.74) is 3.60. The van der Waals surface area contributed by atoms with E-state index in [2.05, 4.69) is 58.6 Å². The molecule has 0 aliphatic heterocycles. The Morgan fingerprint density at radius 1 is 1.25 bits per heavy atom. The molecule has 0 unspecified atom stereocenters. The van der Waals surface area contributed by atoms with Crippen LogP contribution in [0, 0.1) is 6.92 Å². The molecule has 1 aliphatic carbocycles. The molecule has 0 atom stereocenters. The van der Waals surface area contributed by atoms with Gasteiger partial charge in [-0.25, -0.2) is 4.98 Å². The van der Waals surface area contributed by atoms with E-state index in [1.165, 1.54) is 36.9 Å². The van der Waals surface area contributed by atoms with Crippen molar-refractivity contribution >= 4 is 33.9 Å². The predicted molar refractivity (Wildman–Crippen MR) is 90.1 cm³/mol. The lowest BCUT2D eigenvalue weighted by atomic mass is 10.2. The van der Waals surface area contributed by atoms with Gasteiger partial charge in [0.15, 0.2) is 5.13 Å². The van der Waals surface area contributed by atoms with Gasteiger partial charge < -0.3 is 5.32 Å². The summed E-state index contributed by atoms with van der Waals surface area (Å²) >= 11 is 3.77. The maximum Gasteiger partial charge on any atom is 0.187 e. The van der Waals surface area contributed by atoms with Crippen LogP contribution in [0.15, 0.2) is 29.6 Å². The summed E-state index contributed by atoms with van der Waals surface area (Å²) in [4.78, 5) is 4.68. The van der Waals surface area contributed by atoms with Crippen LogP contribution in [-0.4, -0.2) is 10.2 Å². The molecule has 3 rings (SSSR count). The van der Waals surface area contributed by atoms with Crippen LogP contribution in [-0.2, 0) is 5.75 Å². The molecule has 1 fully saturated rings. The van der Waals surface area contributed by atoms with Crippen LogP contribution in [0.3, 0.4) is 0 Å². The van der Waals surface area contributed by atoms with E-state index in [1.807, 2.05) is 0 Å². The Hall–Kier alpha value is -1.00.